The molecule has 0 aliphatic carbocycles. The second-order valence-electron chi connectivity index (χ2n) is 17.3. The van der Waals surface area contributed by atoms with Gasteiger partial charge in [-0.15, -0.1) is 0 Å². The van der Waals surface area contributed by atoms with Crippen LogP contribution < -0.4 is 0 Å². The van der Waals surface area contributed by atoms with Crippen LogP contribution >= 0.6 is 0 Å². The van der Waals surface area contributed by atoms with E-state index in [9.17, 15) is 0 Å². The molecule has 0 bridgehead atoms. The number of aromatic nitrogens is 4. The van der Waals surface area contributed by atoms with Gasteiger partial charge in [0.15, 0.2) is 5.58 Å². The van der Waals surface area contributed by atoms with Crippen molar-refractivity contribution in [1.82, 2.24) is 18.3 Å². The van der Waals surface area contributed by atoms with Crippen LogP contribution in [0.4, 0.5) is 0 Å². The van der Waals surface area contributed by atoms with Crippen LogP contribution in [0.15, 0.2) is 223 Å². The van der Waals surface area contributed by atoms with E-state index in [1.54, 1.807) is 0 Å². The van der Waals surface area contributed by atoms with E-state index in [0.717, 1.165) is 66.8 Å². The Hall–Kier alpha value is -8.80. The van der Waals surface area contributed by atoms with E-state index in [0.29, 0.717) is 0 Å². The van der Waals surface area contributed by atoms with E-state index < -0.39 is 0 Å². The monoisotopic (exact) mass is 828 g/mol. The van der Waals surface area contributed by atoms with E-state index in [1.165, 1.54) is 65.2 Å². The molecular weight excluding hydrogens is 793 g/mol. The Bertz CT molecular complexity index is 4460. The molecule has 15 rings (SSSR count). The second-order valence-corrected chi connectivity index (χ2v) is 17.3. The molecule has 15 aromatic rings. The van der Waals surface area contributed by atoms with Crippen molar-refractivity contribution in [3.63, 3.8) is 0 Å². The van der Waals surface area contributed by atoms with E-state index >= 15 is 0 Å². The fraction of sp³-hybridized carbons (Fsp3) is 0. The SMILES string of the molecule is c1ccc(-n2c3ccccc3c3cc4c(cc32)c2cc3c(cc2n4-c2ccccc2)c2ccccc2n3-c2cccc3c4ccccc4n(-c4cccc5c4oc4ccccc45)c23)cc1. The van der Waals surface area contributed by atoms with Gasteiger partial charge in [0.05, 0.1) is 55.5 Å². The summed E-state index contributed by atoms with van der Waals surface area (Å²) in [5.41, 5.74) is 15.5. The highest BCUT2D eigenvalue weighted by molar-refractivity contribution is 6.24. The van der Waals surface area contributed by atoms with Crippen LogP contribution in [0.1, 0.15) is 0 Å². The van der Waals surface area contributed by atoms with Crippen molar-refractivity contribution < 1.29 is 4.42 Å². The van der Waals surface area contributed by atoms with Gasteiger partial charge in [0.25, 0.3) is 0 Å². The summed E-state index contributed by atoms with van der Waals surface area (Å²) in [4.78, 5) is 0. The lowest BCUT2D eigenvalue weighted by molar-refractivity contribution is 0.666. The second kappa shape index (κ2) is 12.9. The molecule has 5 aromatic heterocycles. The summed E-state index contributed by atoms with van der Waals surface area (Å²) in [5.74, 6) is 0. The quantitative estimate of drug-likeness (QED) is 0.174. The number of furan rings is 1. The number of hydrogen-bond acceptors (Lipinski definition) is 1. The van der Waals surface area contributed by atoms with Crippen LogP contribution in [0.3, 0.4) is 0 Å². The zero-order valence-electron chi connectivity index (χ0n) is 35.0. The molecule has 5 nitrogen and oxygen atoms in total. The maximum Gasteiger partial charge on any atom is 0.159 e. The van der Waals surface area contributed by atoms with Crippen molar-refractivity contribution in [2.45, 2.75) is 0 Å². The first-order valence-corrected chi connectivity index (χ1v) is 22.3. The Morgan fingerprint density at radius 2 is 0.646 bits per heavy atom. The lowest BCUT2D eigenvalue weighted by Gasteiger charge is -2.14. The van der Waals surface area contributed by atoms with Crippen LogP contribution in [-0.2, 0) is 0 Å². The maximum atomic E-state index is 6.76. The van der Waals surface area contributed by atoms with Crippen molar-refractivity contribution in [1.29, 1.82) is 0 Å². The zero-order valence-corrected chi connectivity index (χ0v) is 35.0. The lowest BCUT2D eigenvalue weighted by Crippen LogP contribution is -2.01. The fourth-order valence-electron chi connectivity index (χ4n) is 11.2. The molecule has 0 aliphatic rings. The molecular formula is C60H36N4O. The summed E-state index contributed by atoms with van der Waals surface area (Å²) in [6.07, 6.45) is 0. The number of benzene rings is 10. The summed E-state index contributed by atoms with van der Waals surface area (Å²) in [6, 6.07) is 79.5. The Balaban J connectivity index is 1.10. The molecule has 0 saturated carbocycles. The van der Waals surface area contributed by atoms with Gasteiger partial charge in [-0.2, -0.15) is 0 Å². The lowest BCUT2D eigenvalue weighted by atomic mass is 10.1. The van der Waals surface area contributed by atoms with Gasteiger partial charge in [-0.25, -0.2) is 0 Å². The zero-order chi connectivity index (χ0) is 42.3. The van der Waals surface area contributed by atoms with Crippen molar-refractivity contribution in [3.8, 4) is 22.7 Å². The molecule has 0 fully saturated rings. The van der Waals surface area contributed by atoms with Crippen LogP contribution in [0.25, 0.3) is 132 Å². The highest BCUT2D eigenvalue weighted by Gasteiger charge is 2.25. The Labute approximate surface area is 371 Å². The third-order valence-electron chi connectivity index (χ3n) is 13.9. The topological polar surface area (TPSA) is 32.9 Å². The predicted molar refractivity (Wildman–Crippen MR) is 271 cm³/mol. The number of para-hydroxylation sites is 8. The van der Waals surface area contributed by atoms with Crippen molar-refractivity contribution in [3.05, 3.63) is 218 Å². The van der Waals surface area contributed by atoms with Gasteiger partial charge < -0.3 is 22.7 Å². The average Bonchev–Trinajstić information content (AvgIpc) is 4.16. The first kappa shape index (κ1) is 34.7. The molecule has 0 unspecified atom stereocenters. The molecule has 0 aliphatic heterocycles. The molecule has 0 N–H and O–H groups in total. The number of fused-ring (bicyclic) bond motifs is 15. The first-order valence-electron chi connectivity index (χ1n) is 22.3. The first-order chi connectivity index (χ1) is 32.3. The molecule has 0 radical (unpaired) electrons. The molecule has 0 saturated heterocycles. The van der Waals surface area contributed by atoms with Gasteiger partial charge in [-0.3, -0.25) is 0 Å². The number of hydrogen-bond donors (Lipinski definition) is 0. The maximum absolute atomic E-state index is 6.76. The van der Waals surface area contributed by atoms with Crippen LogP contribution in [0.5, 0.6) is 0 Å². The van der Waals surface area contributed by atoms with Gasteiger partial charge in [-0.05, 0) is 84.9 Å². The summed E-state index contributed by atoms with van der Waals surface area (Å²) in [6.45, 7) is 0. The third kappa shape index (κ3) is 4.65. The largest absolute Gasteiger partial charge is 0.454 e. The van der Waals surface area contributed by atoms with Gasteiger partial charge in [0.1, 0.15) is 5.58 Å². The molecule has 10 aromatic carbocycles. The Morgan fingerprint density at radius 1 is 0.246 bits per heavy atom. The minimum atomic E-state index is 0.878. The summed E-state index contributed by atoms with van der Waals surface area (Å²) in [5, 5.41) is 11.9. The van der Waals surface area contributed by atoms with Crippen molar-refractivity contribution in [2.24, 2.45) is 0 Å². The summed E-state index contributed by atoms with van der Waals surface area (Å²) in [7, 11) is 0. The fourth-order valence-corrected chi connectivity index (χ4v) is 11.2. The van der Waals surface area contributed by atoms with E-state index in [4.69, 9.17) is 4.42 Å². The van der Waals surface area contributed by atoms with Gasteiger partial charge in [-0.1, -0.05) is 133 Å². The molecule has 0 amide bonds. The smallest absolute Gasteiger partial charge is 0.159 e. The summed E-state index contributed by atoms with van der Waals surface area (Å²) >= 11 is 0. The molecule has 0 spiro atoms. The van der Waals surface area contributed by atoms with Crippen LogP contribution in [0.2, 0.25) is 0 Å². The highest BCUT2D eigenvalue weighted by Crippen LogP contribution is 2.45. The van der Waals surface area contributed by atoms with Crippen LogP contribution in [0, 0.1) is 0 Å². The number of rotatable bonds is 4. The van der Waals surface area contributed by atoms with Gasteiger partial charge in [0, 0.05) is 65.2 Å². The molecule has 302 valence electrons. The Morgan fingerprint density at radius 3 is 1.25 bits per heavy atom. The Kier molecular flexibility index (Phi) is 6.89. The van der Waals surface area contributed by atoms with E-state index in [-0.39, 0.29) is 0 Å². The van der Waals surface area contributed by atoms with Crippen molar-refractivity contribution >= 4 is 109 Å². The highest BCUT2D eigenvalue weighted by atomic mass is 16.3. The standard InChI is InChI=1S/C60H36N4O/c1-3-17-37(18-4-1)61-49-27-11-8-22-40(49)45-33-55-47(35-54(45)61)48-36-57-46(34-56(48)62(55)38-19-5-2-6-20-38)41-23-9-12-28-50(41)63(57)52-30-15-25-43-39-21-7-13-29-51(39)64(59(43)52)53-31-16-26-44-42-24-10-14-32-58(42)65-60(44)53/h1-36H. The minimum absolute atomic E-state index is 0.878. The molecule has 5 heteroatoms. The minimum Gasteiger partial charge on any atom is -0.454 e. The van der Waals surface area contributed by atoms with E-state index in [2.05, 4.69) is 231 Å². The van der Waals surface area contributed by atoms with Gasteiger partial charge in [0.2, 0.25) is 0 Å². The van der Waals surface area contributed by atoms with Crippen LogP contribution in [-0.4, -0.2) is 18.3 Å². The predicted octanol–water partition coefficient (Wildman–Crippen LogP) is 16.0. The van der Waals surface area contributed by atoms with Crippen molar-refractivity contribution in [2.75, 3.05) is 0 Å². The normalized spacial score (nSPS) is 12.3. The van der Waals surface area contributed by atoms with E-state index in [1.807, 2.05) is 6.07 Å². The average molecular weight is 829 g/mol. The summed E-state index contributed by atoms with van der Waals surface area (Å²) < 4.78 is 16.6. The molecule has 5 heterocycles. The number of nitrogens with zero attached hydrogens (tertiary/aromatic N) is 4. The van der Waals surface area contributed by atoms with Gasteiger partial charge >= 0.3 is 0 Å². The molecule has 0 atom stereocenters. The third-order valence-corrected chi connectivity index (χ3v) is 13.9. The molecule has 65 heavy (non-hydrogen) atoms.